The Morgan fingerprint density at radius 2 is 1.95 bits per heavy atom. The first kappa shape index (κ1) is 27.7. The van der Waals surface area contributed by atoms with Crippen LogP contribution in [-0.4, -0.2) is 61.0 Å². The zero-order chi connectivity index (χ0) is 27.1. The fraction of sp³-hybridized carbons (Fsp3) is 0.833. The molecule has 1 heterocycles. The molecule has 8 heteroatoms. The Morgan fingerprint density at radius 1 is 1.13 bits per heavy atom. The van der Waals surface area contributed by atoms with E-state index in [-0.39, 0.29) is 35.9 Å². The number of rotatable bonds is 7. The first-order valence-corrected chi connectivity index (χ1v) is 14.8. The number of alkyl halides is 2. The molecule has 1 saturated heterocycles. The lowest BCUT2D eigenvalue weighted by Gasteiger charge is -2.58. The van der Waals surface area contributed by atoms with E-state index in [0.29, 0.717) is 49.3 Å². The van der Waals surface area contributed by atoms with E-state index in [2.05, 4.69) is 24.3 Å². The predicted molar refractivity (Wildman–Crippen MR) is 143 cm³/mol. The van der Waals surface area contributed by atoms with Crippen LogP contribution in [0.15, 0.2) is 16.8 Å². The molecule has 5 aliphatic rings. The van der Waals surface area contributed by atoms with Crippen LogP contribution < -0.4 is 5.32 Å². The quantitative estimate of drug-likeness (QED) is 0.247. The fourth-order valence-corrected chi connectivity index (χ4v) is 9.19. The van der Waals surface area contributed by atoms with Crippen LogP contribution >= 0.6 is 0 Å². The monoisotopic (exact) mass is 533 g/mol. The van der Waals surface area contributed by atoms with Crippen LogP contribution in [-0.2, 0) is 9.63 Å². The maximum absolute atomic E-state index is 13.9. The topological polar surface area (TPSA) is 71.0 Å². The summed E-state index contributed by atoms with van der Waals surface area (Å²) in [5.41, 5.74) is 2.51. The third-order valence-corrected chi connectivity index (χ3v) is 11.3. The zero-order valence-corrected chi connectivity index (χ0v) is 23.3. The highest BCUT2D eigenvalue weighted by Crippen LogP contribution is 2.66. The van der Waals surface area contributed by atoms with Gasteiger partial charge in [0.25, 0.3) is 0 Å². The van der Waals surface area contributed by atoms with Crippen LogP contribution in [0.5, 0.6) is 0 Å². The Bertz CT molecular complexity index is 986. The molecule has 6 nitrogen and oxygen atoms in total. The molecule has 212 valence electrons. The van der Waals surface area contributed by atoms with Gasteiger partial charge in [0.15, 0.2) is 5.78 Å². The number of fused-ring (bicyclic) bond motifs is 5. The molecule has 4 fully saturated rings. The normalized spacial score (nSPS) is 40.7. The Hall–Kier alpha value is -1.83. The largest absolute Gasteiger partial charge is 0.436 e. The summed E-state index contributed by atoms with van der Waals surface area (Å²) in [7, 11) is 0. The number of hydrogen-bond donors (Lipinski definition) is 1. The molecule has 0 radical (unpaired) electrons. The van der Waals surface area contributed by atoms with E-state index in [1.54, 1.807) is 0 Å². The molecule has 0 aromatic heterocycles. The second-order valence-corrected chi connectivity index (χ2v) is 13.1. The molecule has 1 amide bonds. The maximum atomic E-state index is 13.9. The van der Waals surface area contributed by atoms with Crippen molar-refractivity contribution in [1.82, 2.24) is 10.2 Å². The third-order valence-electron chi connectivity index (χ3n) is 11.3. The summed E-state index contributed by atoms with van der Waals surface area (Å²) in [4.78, 5) is 31.5. The highest BCUT2D eigenvalue weighted by atomic mass is 19.1. The van der Waals surface area contributed by atoms with Crippen LogP contribution in [0.4, 0.5) is 13.6 Å². The lowest BCUT2D eigenvalue weighted by molar-refractivity contribution is -0.117. The average Bonchev–Trinajstić information content (AvgIpc) is 3.47. The van der Waals surface area contributed by atoms with Crippen molar-refractivity contribution in [1.29, 1.82) is 0 Å². The van der Waals surface area contributed by atoms with Gasteiger partial charge in [-0.3, -0.25) is 9.63 Å². The summed E-state index contributed by atoms with van der Waals surface area (Å²) >= 11 is 0. The standard InChI is InChI=1S/C30H45F2N3O3/c1-19(34-38-28(37)35(17-14-31)16-11-27-26(32)10-15-33-27)23-6-7-24-22-5-4-20-18-21(36)8-12-29(20,2)25(22)9-13-30(23,24)3/h18,22-27,33H,4-17H2,1-3H3/b34-19+/t22-,23+,24-,25-,26?,27?,29-,30+/m0/s1. The van der Waals surface area contributed by atoms with Gasteiger partial charge in [-0.15, -0.1) is 0 Å². The van der Waals surface area contributed by atoms with E-state index in [4.69, 9.17) is 4.84 Å². The van der Waals surface area contributed by atoms with Gasteiger partial charge in [0.1, 0.15) is 12.8 Å². The molecule has 0 bridgehead atoms. The Morgan fingerprint density at radius 3 is 2.68 bits per heavy atom. The van der Waals surface area contributed by atoms with Crippen molar-refractivity contribution < 1.29 is 23.2 Å². The fourth-order valence-electron chi connectivity index (χ4n) is 9.19. The van der Waals surface area contributed by atoms with Gasteiger partial charge in [0, 0.05) is 24.9 Å². The van der Waals surface area contributed by atoms with Crippen molar-refractivity contribution >= 4 is 17.6 Å². The second kappa shape index (κ2) is 11.0. The smallest absolute Gasteiger partial charge is 0.311 e. The number of amides is 1. The minimum atomic E-state index is -0.931. The van der Waals surface area contributed by atoms with Crippen molar-refractivity contribution in [3.05, 3.63) is 11.6 Å². The summed E-state index contributed by atoms with van der Waals surface area (Å²) in [6.07, 6.45) is 9.60. The summed E-state index contributed by atoms with van der Waals surface area (Å²) in [6.45, 7) is 6.88. The number of nitrogens with zero attached hydrogens (tertiary/aromatic N) is 2. The first-order valence-electron chi connectivity index (χ1n) is 14.8. The average molecular weight is 534 g/mol. The number of oxime groups is 1. The number of halogens is 2. The van der Waals surface area contributed by atoms with E-state index in [1.165, 1.54) is 10.5 Å². The number of carbonyl (C=O) groups is 2. The number of allylic oxidation sites excluding steroid dienone is 1. The van der Waals surface area contributed by atoms with Crippen LogP contribution in [0.1, 0.15) is 85.0 Å². The van der Waals surface area contributed by atoms with Crippen molar-refractivity contribution in [2.75, 3.05) is 26.3 Å². The van der Waals surface area contributed by atoms with Crippen molar-refractivity contribution in [2.24, 2.45) is 39.7 Å². The Kier molecular flexibility index (Phi) is 8.01. The lowest BCUT2D eigenvalue weighted by Crippen LogP contribution is -2.51. The number of nitrogens with one attached hydrogen (secondary N) is 1. The predicted octanol–water partition coefficient (Wildman–Crippen LogP) is 6.01. The molecule has 5 rings (SSSR count). The van der Waals surface area contributed by atoms with Gasteiger partial charge in [0.2, 0.25) is 0 Å². The molecule has 0 aromatic carbocycles. The molecule has 38 heavy (non-hydrogen) atoms. The highest BCUT2D eigenvalue weighted by molar-refractivity contribution is 5.91. The van der Waals surface area contributed by atoms with Crippen LogP contribution in [0, 0.1) is 34.5 Å². The maximum Gasteiger partial charge on any atom is 0.436 e. The van der Waals surface area contributed by atoms with Crippen LogP contribution in [0.3, 0.4) is 0 Å². The van der Waals surface area contributed by atoms with Crippen LogP contribution in [0.25, 0.3) is 0 Å². The number of hydrogen-bond acceptors (Lipinski definition) is 5. The van der Waals surface area contributed by atoms with E-state index in [1.807, 2.05) is 13.0 Å². The minimum Gasteiger partial charge on any atom is -0.311 e. The van der Waals surface area contributed by atoms with Gasteiger partial charge in [-0.25, -0.2) is 13.6 Å². The lowest BCUT2D eigenvalue weighted by atomic mass is 9.46. The molecule has 3 saturated carbocycles. The third kappa shape index (κ3) is 4.95. The van der Waals surface area contributed by atoms with E-state index >= 15 is 0 Å². The van der Waals surface area contributed by atoms with Gasteiger partial charge in [-0.1, -0.05) is 24.6 Å². The number of ketones is 1. The minimum absolute atomic E-state index is 0.0792. The Labute approximate surface area is 226 Å². The molecule has 1 N–H and O–H groups in total. The Balaban J connectivity index is 1.23. The van der Waals surface area contributed by atoms with Gasteiger partial charge in [0.05, 0.1) is 12.3 Å². The van der Waals surface area contributed by atoms with Gasteiger partial charge >= 0.3 is 6.09 Å². The van der Waals surface area contributed by atoms with Gasteiger partial charge < -0.3 is 10.2 Å². The molecule has 0 aromatic rings. The van der Waals surface area contributed by atoms with E-state index in [0.717, 1.165) is 50.7 Å². The summed E-state index contributed by atoms with van der Waals surface area (Å²) in [5.74, 6) is 2.45. The molecule has 2 unspecified atom stereocenters. The van der Waals surface area contributed by atoms with Crippen molar-refractivity contribution in [2.45, 2.75) is 97.2 Å². The molecule has 1 aliphatic heterocycles. The molecule has 0 spiro atoms. The van der Waals surface area contributed by atoms with Crippen molar-refractivity contribution in [3.8, 4) is 0 Å². The second-order valence-electron chi connectivity index (χ2n) is 13.1. The van der Waals surface area contributed by atoms with Gasteiger partial charge in [-0.05, 0) is 106 Å². The SMILES string of the molecule is C/C(=N\OC(=O)N(CCF)CCC1NCCC1F)[C@H]1CC[C@H]2[C@@H]3CCC4=CC(=O)CC[C@]4(C)[C@H]3CC[C@]12C. The highest BCUT2D eigenvalue weighted by Gasteiger charge is 2.59. The van der Waals surface area contributed by atoms with Gasteiger partial charge in [-0.2, -0.15) is 0 Å². The van der Waals surface area contributed by atoms with Crippen LogP contribution in [0.2, 0.25) is 0 Å². The molecular weight excluding hydrogens is 488 g/mol. The zero-order valence-electron chi connectivity index (χ0n) is 23.3. The first-order chi connectivity index (χ1) is 18.2. The summed E-state index contributed by atoms with van der Waals surface area (Å²) in [6, 6.07) is -0.302. The van der Waals surface area contributed by atoms with E-state index < -0.39 is 18.9 Å². The molecule has 4 aliphatic carbocycles. The summed E-state index contributed by atoms with van der Waals surface area (Å²) in [5, 5.41) is 7.41. The summed E-state index contributed by atoms with van der Waals surface area (Å²) < 4.78 is 27.1. The number of carbonyl (C=O) groups excluding carboxylic acids is 2. The van der Waals surface area contributed by atoms with E-state index in [9.17, 15) is 18.4 Å². The molecular formula is C30H45F2N3O3. The molecule has 8 atom stereocenters. The van der Waals surface area contributed by atoms with Crippen molar-refractivity contribution in [3.63, 3.8) is 0 Å².